The summed E-state index contributed by atoms with van der Waals surface area (Å²) >= 11 is 9.25. The van der Waals surface area contributed by atoms with E-state index >= 15 is 0 Å². The molecule has 2 nitrogen and oxygen atoms in total. The quantitative estimate of drug-likeness (QED) is 0.808. The van der Waals surface area contributed by atoms with E-state index in [1.165, 1.54) is 0 Å². The molecule has 4 heteroatoms. The second-order valence-corrected chi connectivity index (χ2v) is 4.62. The Balaban J connectivity index is 2.24. The normalized spacial score (nSPS) is 10.2. The van der Waals surface area contributed by atoms with Gasteiger partial charge < -0.3 is 4.74 Å². The van der Waals surface area contributed by atoms with Crippen LogP contribution in [0.15, 0.2) is 41.0 Å². The molecule has 0 aliphatic heterocycles. The summed E-state index contributed by atoms with van der Waals surface area (Å²) in [4.78, 5) is 4.15. The van der Waals surface area contributed by atoms with E-state index in [0.29, 0.717) is 16.7 Å². The van der Waals surface area contributed by atoms with Crippen molar-refractivity contribution in [3.8, 4) is 11.6 Å². The summed E-state index contributed by atoms with van der Waals surface area (Å²) in [5.74, 6) is 1.24. The van der Waals surface area contributed by atoms with E-state index in [2.05, 4.69) is 20.9 Å². The van der Waals surface area contributed by atoms with Crippen LogP contribution in [0.25, 0.3) is 0 Å². The zero-order valence-electron chi connectivity index (χ0n) is 8.58. The van der Waals surface area contributed by atoms with Gasteiger partial charge in [0.1, 0.15) is 5.75 Å². The molecule has 82 valence electrons. The van der Waals surface area contributed by atoms with Gasteiger partial charge in [-0.2, -0.15) is 0 Å². The van der Waals surface area contributed by atoms with E-state index < -0.39 is 0 Å². The number of aromatic nitrogens is 1. The van der Waals surface area contributed by atoms with Gasteiger partial charge in [-0.05, 0) is 46.6 Å². The second-order valence-electron chi connectivity index (χ2n) is 3.33. The maximum absolute atomic E-state index is 5.86. The molecule has 2 aromatic rings. The van der Waals surface area contributed by atoms with Crippen LogP contribution in [0.3, 0.4) is 0 Å². The van der Waals surface area contributed by atoms with E-state index in [4.69, 9.17) is 16.3 Å². The molecule has 1 heterocycles. The van der Waals surface area contributed by atoms with Crippen LogP contribution in [0, 0.1) is 6.92 Å². The second kappa shape index (κ2) is 4.85. The van der Waals surface area contributed by atoms with Crippen molar-refractivity contribution in [2.24, 2.45) is 0 Å². The highest BCUT2D eigenvalue weighted by atomic mass is 79.9. The Bertz CT molecular complexity index is 516. The van der Waals surface area contributed by atoms with Gasteiger partial charge in [0.05, 0.1) is 0 Å². The maximum Gasteiger partial charge on any atom is 0.219 e. The summed E-state index contributed by atoms with van der Waals surface area (Å²) in [5.41, 5.74) is 1.08. The maximum atomic E-state index is 5.86. The molecule has 1 aromatic carbocycles. The van der Waals surface area contributed by atoms with Crippen molar-refractivity contribution >= 4 is 27.5 Å². The van der Waals surface area contributed by atoms with Crippen LogP contribution in [0.2, 0.25) is 5.02 Å². The highest BCUT2D eigenvalue weighted by molar-refractivity contribution is 9.10. The van der Waals surface area contributed by atoms with Crippen LogP contribution in [0.1, 0.15) is 5.56 Å². The molecule has 0 bridgehead atoms. The van der Waals surface area contributed by atoms with Crippen molar-refractivity contribution in [3.63, 3.8) is 0 Å². The molecule has 0 unspecified atom stereocenters. The number of pyridine rings is 1. The summed E-state index contributed by atoms with van der Waals surface area (Å²) in [6, 6.07) is 9.09. The number of hydrogen-bond acceptors (Lipinski definition) is 2. The molecule has 16 heavy (non-hydrogen) atoms. The molecule has 0 aliphatic rings. The molecule has 0 N–H and O–H groups in total. The summed E-state index contributed by atoms with van der Waals surface area (Å²) in [5, 5.41) is 0.645. The van der Waals surface area contributed by atoms with Crippen LogP contribution in [0.5, 0.6) is 11.6 Å². The largest absolute Gasteiger partial charge is 0.439 e. The van der Waals surface area contributed by atoms with Crippen molar-refractivity contribution in [2.45, 2.75) is 6.92 Å². The average molecular weight is 299 g/mol. The molecule has 0 fully saturated rings. The number of benzene rings is 1. The minimum atomic E-state index is 0.558. The number of ether oxygens (including phenoxy) is 1. The van der Waals surface area contributed by atoms with Gasteiger partial charge in [-0.25, -0.2) is 4.98 Å². The summed E-state index contributed by atoms with van der Waals surface area (Å²) < 4.78 is 6.54. The van der Waals surface area contributed by atoms with Gasteiger partial charge in [0.25, 0.3) is 0 Å². The van der Waals surface area contributed by atoms with Gasteiger partial charge in [-0.1, -0.05) is 17.7 Å². The lowest BCUT2D eigenvalue weighted by atomic mass is 10.3. The standard InChI is InChI=1S/C12H9BrClNO/c1-8-5-12(15-7-11(8)13)16-10-4-2-3-9(14)6-10/h2-7H,1H3. The van der Waals surface area contributed by atoms with Crippen LogP contribution >= 0.6 is 27.5 Å². The molecule has 1 aromatic heterocycles. The Kier molecular flexibility index (Phi) is 3.46. The third-order valence-corrected chi connectivity index (χ3v) is 3.11. The third-order valence-electron chi connectivity index (χ3n) is 2.04. The fraction of sp³-hybridized carbons (Fsp3) is 0.0833. The fourth-order valence-electron chi connectivity index (χ4n) is 1.22. The van der Waals surface area contributed by atoms with Crippen molar-refractivity contribution < 1.29 is 4.74 Å². The van der Waals surface area contributed by atoms with Crippen LogP contribution in [0.4, 0.5) is 0 Å². The molecule has 0 saturated heterocycles. The Morgan fingerprint density at radius 2 is 2.12 bits per heavy atom. The topological polar surface area (TPSA) is 22.1 Å². The fourth-order valence-corrected chi connectivity index (χ4v) is 1.62. The Morgan fingerprint density at radius 3 is 2.81 bits per heavy atom. The lowest BCUT2D eigenvalue weighted by molar-refractivity contribution is 0.462. The van der Waals surface area contributed by atoms with Crippen LogP contribution in [-0.4, -0.2) is 4.98 Å². The number of nitrogens with zero attached hydrogens (tertiary/aromatic N) is 1. The highest BCUT2D eigenvalue weighted by Crippen LogP contribution is 2.25. The van der Waals surface area contributed by atoms with Crippen molar-refractivity contribution in [2.75, 3.05) is 0 Å². The van der Waals surface area contributed by atoms with Gasteiger partial charge in [-0.15, -0.1) is 0 Å². The third kappa shape index (κ3) is 2.74. The van der Waals surface area contributed by atoms with Gasteiger partial charge in [-0.3, -0.25) is 0 Å². The van der Waals surface area contributed by atoms with Crippen molar-refractivity contribution in [3.05, 3.63) is 51.6 Å². The minimum Gasteiger partial charge on any atom is -0.439 e. The van der Waals surface area contributed by atoms with E-state index in [1.807, 2.05) is 25.1 Å². The van der Waals surface area contributed by atoms with Gasteiger partial charge in [0.2, 0.25) is 5.88 Å². The van der Waals surface area contributed by atoms with Crippen LogP contribution in [-0.2, 0) is 0 Å². The molecule has 0 amide bonds. The predicted molar refractivity (Wildman–Crippen MR) is 68.2 cm³/mol. The average Bonchev–Trinajstić information content (AvgIpc) is 2.24. The first kappa shape index (κ1) is 11.4. The first-order valence-corrected chi connectivity index (χ1v) is 5.88. The first-order chi connectivity index (χ1) is 7.65. The van der Waals surface area contributed by atoms with Gasteiger partial charge in [0.15, 0.2) is 0 Å². The van der Waals surface area contributed by atoms with E-state index in [9.17, 15) is 0 Å². The molecule has 0 aliphatic carbocycles. The summed E-state index contributed by atoms with van der Waals surface area (Å²) in [7, 11) is 0. The SMILES string of the molecule is Cc1cc(Oc2cccc(Cl)c2)ncc1Br. The molecular weight excluding hydrogens is 289 g/mol. The molecule has 0 spiro atoms. The number of halogens is 2. The van der Waals surface area contributed by atoms with E-state index in [-0.39, 0.29) is 0 Å². The molecule has 0 atom stereocenters. The monoisotopic (exact) mass is 297 g/mol. The van der Waals surface area contributed by atoms with E-state index in [0.717, 1.165) is 10.0 Å². The first-order valence-electron chi connectivity index (χ1n) is 4.71. The van der Waals surface area contributed by atoms with Gasteiger partial charge >= 0.3 is 0 Å². The highest BCUT2D eigenvalue weighted by Gasteiger charge is 2.01. The number of aryl methyl sites for hydroxylation is 1. The zero-order chi connectivity index (χ0) is 11.5. The molecule has 0 radical (unpaired) electrons. The smallest absolute Gasteiger partial charge is 0.219 e. The Hall–Kier alpha value is -1.06. The molecular formula is C12H9BrClNO. The van der Waals surface area contributed by atoms with Gasteiger partial charge in [0, 0.05) is 21.8 Å². The summed E-state index contributed by atoms with van der Waals surface area (Å²) in [6.45, 7) is 1.98. The van der Waals surface area contributed by atoms with Crippen molar-refractivity contribution in [1.82, 2.24) is 4.98 Å². The molecule has 0 saturated carbocycles. The summed E-state index contributed by atoms with van der Waals surface area (Å²) in [6.07, 6.45) is 1.72. The Labute approximate surface area is 107 Å². The predicted octanol–water partition coefficient (Wildman–Crippen LogP) is 4.60. The number of hydrogen-bond donors (Lipinski definition) is 0. The van der Waals surface area contributed by atoms with Crippen LogP contribution < -0.4 is 4.74 Å². The lowest BCUT2D eigenvalue weighted by Crippen LogP contribution is -1.89. The van der Waals surface area contributed by atoms with E-state index in [1.54, 1.807) is 18.3 Å². The Morgan fingerprint density at radius 1 is 1.31 bits per heavy atom. The molecule has 2 rings (SSSR count). The van der Waals surface area contributed by atoms with Crippen molar-refractivity contribution in [1.29, 1.82) is 0 Å². The lowest BCUT2D eigenvalue weighted by Gasteiger charge is -2.06. The zero-order valence-corrected chi connectivity index (χ0v) is 10.9. The minimum absolute atomic E-state index is 0.558. The number of rotatable bonds is 2.